The lowest BCUT2D eigenvalue weighted by molar-refractivity contribution is 0.302. The van der Waals surface area contributed by atoms with Crippen LogP contribution in [0.2, 0.25) is 0 Å². The molecule has 0 amide bonds. The number of fused-ring (bicyclic) bond motifs is 1. The van der Waals surface area contributed by atoms with Gasteiger partial charge in [-0.1, -0.05) is 0 Å². The average Bonchev–Trinajstić information content (AvgIpc) is 2.72. The van der Waals surface area contributed by atoms with Crippen LogP contribution >= 0.6 is 0 Å². The van der Waals surface area contributed by atoms with Crippen LogP contribution < -0.4 is 10.4 Å². The normalized spacial score (nSPS) is 14.6. The molecular weight excluding hydrogens is 272 g/mol. The minimum absolute atomic E-state index is 0.0877. The minimum atomic E-state index is -4.53. The lowest BCUT2D eigenvalue weighted by Crippen LogP contribution is -2.23. The highest BCUT2D eigenvalue weighted by Gasteiger charge is 2.22. The summed E-state index contributed by atoms with van der Waals surface area (Å²) >= 11 is 0. The smallest absolute Gasteiger partial charge is 0.395 e. The second-order valence-corrected chi connectivity index (χ2v) is 5.33. The Morgan fingerprint density at radius 1 is 1.47 bits per heavy atom. The zero-order valence-corrected chi connectivity index (χ0v) is 11.3. The summed E-state index contributed by atoms with van der Waals surface area (Å²) in [4.78, 5) is 2.07. The fourth-order valence-corrected chi connectivity index (χ4v) is 2.48. The number of benzene rings is 1. The second kappa shape index (κ2) is 5.33. The summed E-state index contributed by atoms with van der Waals surface area (Å²) in [5.41, 5.74) is 5.69. The molecule has 0 atom stereocenters. The molecule has 19 heavy (non-hydrogen) atoms. The fourth-order valence-electron chi connectivity index (χ4n) is 2.28. The van der Waals surface area contributed by atoms with Gasteiger partial charge in [0, 0.05) is 18.8 Å². The number of nitrogens with one attached hydrogen (secondary N) is 1. The molecule has 7 nitrogen and oxygen atoms in total. The average molecular weight is 288 g/mol. The molecule has 0 radical (unpaired) electrons. The van der Waals surface area contributed by atoms with Crippen molar-refractivity contribution in [3.63, 3.8) is 0 Å². The van der Waals surface area contributed by atoms with Crippen molar-refractivity contribution in [1.82, 2.24) is 0 Å². The van der Waals surface area contributed by atoms with E-state index in [1.54, 1.807) is 6.07 Å². The van der Waals surface area contributed by atoms with Crippen LogP contribution in [0.1, 0.15) is 11.1 Å². The van der Waals surface area contributed by atoms with Crippen molar-refractivity contribution in [2.75, 3.05) is 30.1 Å². The Morgan fingerprint density at radius 3 is 2.84 bits per heavy atom. The molecule has 2 rings (SSSR count). The summed E-state index contributed by atoms with van der Waals surface area (Å²) in [6.45, 7) is 3.32. The van der Waals surface area contributed by atoms with E-state index in [1.807, 2.05) is 13.0 Å². The molecule has 1 heterocycles. The Kier molecular flexibility index (Phi) is 3.95. The Labute approximate surface area is 111 Å². The van der Waals surface area contributed by atoms with Gasteiger partial charge in [0.05, 0.1) is 12.3 Å². The molecule has 0 saturated heterocycles. The van der Waals surface area contributed by atoms with E-state index in [0.717, 1.165) is 29.8 Å². The zero-order valence-electron chi connectivity index (χ0n) is 10.5. The highest BCUT2D eigenvalue weighted by atomic mass is 32.3. The maximum absolute atomic E-state index is 10.5. The SMILES string of the molecule is Cc1c(NOS(=O)(=O)O)ccc2c1CCN2CCO. The summed E-state index contributed by atoms with van der Waals surface area (Å²) in [6, 6.07) is 3.51. The van der Waals surface area contributed by atoms with Crippen LogP contribution in [0.15, 0.2) is 12.1 Å². The standard InChI is InChI=1S/C11H16N2O5S/c1-8-9-4-5-13(6-7-14)11(9)3-2-10(8)12-18-19(15,16)17/h2-3,12,14H,4-7H2,1H3,(H,15,16,17). The second-order valence-electron chi connectivity index (χ2n) is 4.31. The minimum Gasteiger partial charge on any atom is -0.395 e. The van der Waals surface area contributed by atoms with Crippen molar-refractivity contribution in [3.8, 4) is 0 Å². The van der Waals surface area contributed by atoms with E-state index in [0.29, 0.717) is 12.2 Å². The van der Waals surface area contributed by atoms with Gasteiger partial charge in [0.25, 0.3) is 0 Å². The highest BCUT2D eigenvalue weighted by Crippen LogP contribution is 2.34. The molecular formula is C11H16N2O5S. The molecule has 1 aromatic carbocycles. The van der Waals surface area contributed by atoms with Crippen LogP contribution in [-0.2, 0) is 21.1 Å². The number of aliphatic hydroxyl groups excluding tert-OH is 1. The molecule has 0 bridgehead atoms. The van der Waals surface area contributed by atoms with Gasteiger partial charge in [0.15, 0.2) is 0 Å². The third-order valence-electron chi connectivity index (χ3n) is 3.17. The zero-order chi connectivity index (χ0) is 14.0. The lowest BCUT2D eigenvalue weighted by Gasteiger charge is -2.19. The van der Waals surface area contributed by atoms with Crippen molar-refractivity contribution in [2.45, 2.75) is 13.3 Å². The van der Waals surface area contributed by atoms with Crippen LogP contribution in [0.3, 0.4) is 0 Å². The van der Waals surface area contributed by atoms with E-state index in [2.05, 4.69) is 14.7 Å². The predicted molar refractivity (Wildman–Crippen MR) is 70.4 cm³/mol. The Bertz CT molecular complexity index is 573. The van der Waals surface area contributed by atoms with Gasteiger partial charge in [-0.25, -0.2) is 5.48 Å². The van der Waals surface area contributed by atoms with Crippen LogP contribution in [0.4, 0.5) is 11.4 Å². The Morgan fingerprint density at radius 2 is 2.21 bits per heavy atom. The number of hydrogen-bond acceptors (Lipinski definition) is 6. The van der Waals surface area contributed by atoms with Crippen molar-refractivity contribution in [3.05, 3.63) is 23.3 Å². The first-order valence-electron chi connectivity index (χ1n) is 5.82. The summed E-state index contributed by atoms with van der Waals surface area (Å²) < 4.78 is 33.7. The van der Waals surface area contributed by atoms with E-state index in [-0.39, 0.29) is 6.61 Å². The monoisotopic (exact) mass is 288 g/mol. The first-order chi connectivity index (χ1) is 8.92. The first-order valence-corrected chi connectivity index (χ1v) is 7.19. The number of rotatable bonds is 5. The maximum atomic E-state index is 10.5. The number of nitrogens with zero attached hydrogens (tertiary/aromatic N) is 1. The third-order valence-corrected chi connectivity index (χ3v) is 3.47. The van der Waals surface area contributed by atoms with Crippen molar-refractivity contribution in [1.29, 1.82) is 0 Å². The van der Waals surface area contributed by atoms with Crippen molar-refractivity contribution < 1.29 is 22.4 Å². The quantitative estimate of drug-likeness (QED) is 0.536. The summed E-state index contributed by atoms with van der Waals surface area (Å²) in [7, 11) is -4.53. The summed E-state index contributed by atoms with van der Waals surface area (Å²) in [6.07, 6.45) is 0.822. The molecule has 0 spiro atoms. The van der Waals surface area contributed by atoms with Crippen molar-refractivity contribution >= 4 is 21.8 Å². The van der Waals surface area contributed by atoms with Gasteiger partial charge in [-0.3, -0.25) is 4.55 Å². The third kappa shape index (κ3) is 3.16. The number of anilines is 2. The Balaban J connectivity index is 2.22. The van der Waals surface area contributed by atoms with E-state index in [4.69, 9.17) is 9.66 Å². The van der Waals surface area contributed by atoms with Crippen LogP contribution in [0, 0.1) is 6.92 Å². The topological polar surface area (TPSA) is 99.1 Å². The van der Waals surface area contributed by atoms with Gasteiger partial charge in [-0.05, 0) is 36.6 Å². The van der Waals surface area contributed by atoms with E-state index in [9.17, 15) is 8.42 Å². The molecule has 1 aliphatic heterocycles. The Hall–Kier alpha value is -1.35. The van der Waals surface area contributed by atoms with Crippen molar-refractivity contribution in [2.24, 2.45) is 0 Å². The number of β-amino-alcohol motifs (C(OH)–C–C–N with tert-alkyl or cyclic N) is 1. The number of hydrogen-bond donors (Lipinski definition) is 3. The molecule has 0 unspecified atom stereocenters. The van der Waals surface area contributed by atoms with Gasteiger partial charge in [-0.15, -0.1) is 4.28 Å². The molecule has 0 aromatic heterocycles. The highest BCUT2D eigenvalue weighted by molar-refractivity contribution is 7.80. The number of aliphatic hydroxyl groups is 1. The van der Waals surface area contributed by atoms with Gasteiger partial charge in [0.2, 0.25) is 0 Å². The van der Waals surface area contributed by atoms with Crippen LogP contribution in [-0.4, -0.2) is 37.8 Å². The summed E-state index contributed by atoms with van der Waals surface area (Å²) in [5.74, 6) is 0. The van der Waals surface area contributed by atoms with E-state index < -0.39 is 10.4 Å². The van der Waals surface area contributed by atoms with Gasteiger partial charge >= 0.3 is 10.4 Å². The van der Waals surface area contributed by atoms with Crippen LogP contribution in [0.5, 0.6) is 0 Å². The fraction of sp³-hybridized carbons (Fsp3) is 0.455. The largest absolute Gasteiger partial charge is 0.418 e. The predicted octanol–water partition coefficient (Wildman–Crippen LogP) is 0.496. The maximum Gasteiger partial charge on any atom is 0.418 e. The van der Waals surface area contributed by atoms with E-state index in [1.165, 1.54) is 0 Å². The van der Waals surface area contributed by atoms with Crippen LogP contribution in [0.25, 0.3) is 0 Å². The molecule has 1 aliphatic rings. The lowest BCUT2D eigenvalue weighted by atomic mass is 10.0. The van der Waals surface area contributed by atoms with Gasteiger partial charge in [0.1, 0.15) is 0 Å². The first kappa shape index (κ1) is 14.1. The molecule has 1 aromatic rings. The van der Waals surface area contributed by atoms with Gasteiger partial charge in [-0.2, -0.15) is 8.42 Å². The summed E-state index contributed by atoms with van der Waals surface area (Å²) in [5, 5.41) is 8.98. The molecule has 8 heteroatoms. The molecule has 0 aliphatic carbocycles. The molecule has 0 saturated carbocycles. The molecule has 106 valence electrons. The van der Waals surface area contributed by atoms with E-state index >= 15 is 0 Å². The molecule has 0 fully saturated rings. The van der Waals surface area contributed by atoms with Gasteiger partial charge < -0.3 is 10.0 Å². The molecule has 3 N–H and O–H groups in total.